The van der Waals surface area contributed by atoms with Gasteiger partial charge in [-0.25, -0.2) is 8.42 Å². The maximum atomic E-state index is 13.9. The molecule has 0 amide bonds. The third kappa shape index (κ3) is 6.32. The molecule has 0 saturated carbocycles. The number of Topliss-reactive ketones (excluding diaryl/α,β-unsaturated/α-hetero) is 2. The monoisotopic (exact) mass is 592 g/mol. The van der Waals surface area contributed by atoms with Crippen LogP contribution >= 0.6 is 34.8 Å². The van der Waals surface area contributed by atoms with E-state index < -0.39 is 21.2 Å². The van der Waals surface area contributed by atoms with Crippen LogP contribution in [0.4, 0.5) is 0 Å². The summed E-state index contributed by atoms with van der Waals surface area (Å²) in [4.78, 5) is 25.2. The Hall–Kier alpha value is -2.22. The van der Waals surface area contributed by atoms with Crippen LogP contribution in [0.1, 0.15) is 58.5 Å². The molecule has 3 aromatic carbocycles. The lowest BCUT2D eigenvalue weighted by atomic mass is 9.80. The first-order valence-electron chi connectivity index (χ1n) is 12.3. The van der Waals surface area contributed by atoms with Gasteiger partial charge in [-0.1, -0.05) is 65.1 Å². The van der Waals surface area contributed by atoms with Crippen LogP contribution in [0.3, 0.4) is 0 Å². The molecule has 1 unspecified atom stereocenters. The fourth-order valence-corrected chi connectivity index (χ4v) is 7.81. The zero-order valence-electron chi connectivity index (χ0n) is 20.7. The number of fused-ring (bicyclic) bond motifs is 1. The Kier molecular flexibility index (Phi) is 9.00. The van der Waals surface area contributed by atoms with Crippen molar-refractivity contribution in [2.24, 2.45) is 5.92 Å². The molecular weight excluding hydrogens is 567 g/mol. The zero-order valence-corrected chi connectivity index (χ0v) is 23.7. The highest BCUT2D eigenvalue weighted by atomic mass is 35.5. The van der Waals surface area contributed by atoms with Gasteiger partial charge in [0.25, 0.3) is 0 Å². The highest BCUT2D eigenvalue weighted by Crippen LogP contribution is 2.43. The number of sulfone groups is 1. The van der Waals surface area contributed by atoms with Crippen molar-refractivity contribution in [2.75, 3.05) is 0 Å². The van der Waals surface area contributed by atoms with Crippen molar-refractivity contribution in [2.45, 2.75) is 55.3 Å². The van der Waals surface area contributed by atoms with Gasteiger partial charge in [0.1, 0.15) is 6.10 Å². The lowest BCUT2D eigenvalue weighted by molar-refractivity contribution is -0.126. The van der Waals surface area contributed by atoms with Gasteiger partial charge in [-0.2, -0.15) is 0 Å². The molecule has 0 aromatic heterocycles. The Morgan fingerprint density at radius 2 is 1.68 bits per heavy atom. The van der Waals surface area contributed by atoms with Crippen molar-refractivity contribution in [3.8, 4) is 0 Å². The molecule has 3 aromatic rings. The van der Waals surface area contributed by atoms with E-state index in [2.05, 4.69) is 0 Å². The molecule has 38 heavy (non-hydrogen) atoms. The topological polar surface area (TPSA) is 88.5 Å². The quantitative estimate of drug-likeness (QED) is 0.273. The van der Waals surface area contributed by atoms with Gasteiger partial charge in [0.2, 0.25) is 0 Å². The van der Waals surface area contributed by atoms with Gasteiger partial charge in [0.05, 0.1) is 25.8 Å². The summed E-state index contributed by atoms with van der Waals surface area (Å²) in [7, 11) is -3.84. The predicted octanol–water partition coefficient (Wildman–Crippen LogP) is 6.88. The molecule has 3 atom stereocenters. The van der Waals surface area contributed by atoms with E-state index in [1.807, 2.05) is 12.1 Å². The van der Waals surface area contributed by atoms with Crippen LogP contribution in [0.5, 0.6) is 0 Å². The van der Waals surface area contributed by atoms with Crippen molar-refractivity contribution in [1.29, 1.82) is 0 Å². The van der Waals surface area contributed by atoms with Crippen molar-refractivity contribution >= 4 is 56.2 Å². The Balaban J connectivity index is 1.70. The van der Waals surface area contributed by atoms with E-state index in [1.165, 1.54) is 19.1 Å². The first-order chi connectivity index (χ1) is 18.0. The normalized spacial score (nSPS) is 18.0. The summed E-state index contributed by atoms with van der Waals surface area (Å²) < 4.78 is 27.7. The molecule has 5 nitrogen and oxygen atoms in total. The second-order valence-electron chi connectivity index (χ2n) is 9.71. The number of aliphatic hydroxyl groups excluding tert-OH is 1. The fraction of sp³-hybridized carbons (Fsp3) is 0.310. The van der Waals surface area contributed by atoms with Crippen LogP contribution in [-0.2, 0) is 27.5 Å². The van der Waals surface area contributed by atoms with E-state index in [9.17, 15) is 23.1 Å². The van der Waals surface area contributed by atoms with E-state index in [1.54, 1.807) is 36.4 Å². The molecule has 0 bridgehead atoms. The van der Waals surface area contributed by atoms with Crippen LogP contribution in [0.25, 0.3) is 0 Å². The summed E-state index contributed by atoms with van der Waals surface area (Å²) in [6.45, 7) is 1.43. The molecule has 1 aliphatic carbocycles. The SMILES string of the molecule is C[C@H](O)C(=O)CC[C@@H]1Cc2ccc(CC(=O)c3c(Cl)cccc3Cl)cc2C(S(=O)(=O)c2cccc(Cl)c2)C1. The summed E-state index contributed by atoms with van der Waals surface area (Å²) in [5, 5.41) is 9.54. The Bertz CT molecular complexity index is 1460. The number of halogens is 3. The fourth-order valence-electron chi connectivity index (χ4n) is 4.98. The molecule has 0 saturated heterocycles. The van der Waals surface area contributed by atoms with E-state index >= 15 is 0 Å². The molecule has 1 N–H and O–H groups in total. The van der Waals surface area contributed by atoms with Crippen molar-refractivity contribution < 1.29 is 23.1 Å². The van der Waals surface area contributed by atoms with Crippen molar-refractivity contribution in [3.05, 3.63) is 98.0 Å². The first kappa shape index (κ1) is 28.8. The highest BCUT2D eigenvalue weighted by molar-refractivity contribution is 7.91. The second-order valence-corrected chi connectivity index (χ2v) is 13.1. The summed E-state index contributed by atoms with van der Waals surface area (Å²) in [5.74, 6) is -0.601. The summed E-state index contributed by atoms with van der Waals surface area (Å²) >= 11 is 18.6. The minimum Gasteiger partial charge on any atom is -0.386 e. The van der Waals surface area contributed by atoms with E-state index in [0.29, 0.717) is 35.4 Å². The van der Waals surface area contributed by atoms with Crippen LogP contribution in [0.15, 0.2) is 65.6 Å². The molecule has 1 aliphatic rings. The Morgan fingerprint density at radius 3 is 2.34 bits per heavy atom. The molecule has 200 valence electrons. The standard InChI is InChI=1S/C29H27Cl3O5S/c1-17(33)26(34)11-9-18-12-20-10-8-19(14-27(35)29-24(31)6-3-7-25(29)32)13-23(20)28(15-18)38(36,37)22-5-2-4-21(30)16-22/h2-8,10,13,16-18,28,33H,9,11-12,14-15H2,1H3/t17-,18+,28?/m0/s1. The smallest absolute Gasteiger partial charge is 0.185 e. The van der Waals surface area contributed by atoms with Gasteiger partial charge in [0, 0.05) is 17.9 Å². The molecular formula is C29H27Cl3O5S. The average molecular weight is 594 g/mol. The Morgan fingerprint density at radius 1 is 1.00 bits per heavy atom. The number of benzene rings is 3. The van der Waals surface area contributed by atoms with Crippen molar-refractivity contribution in [1.82, 2.24) is 0 Å². The van der Waals surface area contributed by atoms with E-state index in [4.69, 9.17) is 34.8 Å². The number of hydrogen-bond donors (Lipinski definition) is 1. The minimum absolute atomic E-state index is 0.00693. The van der Waals surface area contributed by atoms with Gasteiger partial charge in [0.15, 0.2) is 21.4 Å². The van der Waals surface area contributed by atoms with E-state index in [-0.39, 0.29) is 50.8 Å². The third-order valence-corrected chi connectivity index (χ3v) is 9.96. The lowest BCUT2D eigenvalue weighted by Crippen LogP contribution is -2.26. The molecule has 0 aliphatic heterocycles. The van der Waals surface area contributed by atoms with Gasteiger partial charge >= 0.3 is 0 Å². The number of rotatable bonds is 9. The summed E-state index contributed by atoms with van der Waals surface area (Å²) in [6.07, 6.45) is 0.496. The maximum Gasteiger partial charge on any atom is 0.185 e. The van der Waals surface area contributed by atoms with E-state index in [0.717, 1.165) is 5.56 Å². The zero-order chi connectivity index (χ0) is 27.6. The number of carbonyl (C=O) groups is 2. The number of ketones is 2. The molecule has 0 spiro atoms. The molecule has 0 heterocycles. The molecule has 9 heteroatoms. The summed E-state index contributed by atoms with van der Waals surface area (Å²) in [5.41, 5.74) is 2.38. The van der Waals surface area contributed by atoms with Crippen LogP contribution < -0.4 is 0 Å². The largest absolute Gasteiger partial charge is 0.386 e. The average Bonchev–Trinajstić information content (AvgIpc) is 2.86. The van der Waals surface area contributed by atoms with Gasteiger partial charge < -0.3 is 5.11 Å². The molecule has 0 radical (unpaired) electrons. The lowest BCUT2D eigenvalue weighted by Gasteiger charge is -2.32. The van der Waals surface area contributed by atoms with Gasteiger partial charge in [-0.05, 0) is 79.1 Å². The summed E-state index contributed by atoms with van der Waals surface area (Å²) in [6, 6.07) is 16.5. The highest BCUT2D eigenvalue weighted by Gasteiger charge is 2.37. The van der Waals surface area contributed by atoms with Crippen LogP contribution in [0, 0.1) is 5.92 Å². The first-order valence-corrected chi connectivity index (χ1v) is 14.9. The van der Waals surface area contributed by atoms with Crippen molar-refractivity contribution in [3.63, 3.8) is 0 Å². The molecule has 4 rings (SSSR count). The number of aliphatic hydroxyl groups is 1. The maximum absolute atomic E-state index is 13.9. The second kappa shape index (κ2) is 11.9. The van der Waals surface area contributed by atoms with Gasteiger partial charge in [-0.15, -0.1) is 0 Å². The molecule has 0 fully saturated rings. The Labute approximate surface area is 237 Å². The number of carbonyl (C=O) groups excluding carboxylic acids is 2. The number of hydrogen-bond acceptors (Lipinski definition) is 5. The van der Waals surface area contributed by atoms with Crippen LogP contribution in [0.2, 0.25) is 15.1 Å². The minimum atomic E-state index is -3.84. The predicted molar refractivity (Wildman–Crippen MR) is 150 cm³/mol. The van der Waals surface area contributed by atoms with Gasteiger partial charge in [-0.3, -0.25) is 9.59 Å². The third-order valence-electron chi connectivity index (χ3n) is 6.98. The van der Waals surface area contributed by atoms with Crippen LogP contribution in [-0.4, -0.2) is 31.2 Å².